The molecule has 0 bridgehead atoms. The molecule has 0 heterocycles. The lowest BCUT2D eigenvalue weighted by atomic mass is 10.2. The minimum Gasteiger partial charge on any atom is -0.409 e. The highest BCUT2D eigenvalue weighted by molar-refractivity contribution is 7.99. The van der Waals surface area contributed by atoms with Crippen LogP contribution in [0, 0.1) is 0 Å². The number of nitrogens with one attached hydrogen (secondary N) is 1. The van der Waals surface area contributed by atoms with E-state index in [0.29, 0.717) is 6.42 Å². The van der Waals surface area contributed by atoms with Gasteiger partial charge in [-0.3, -0.25) is 0 Å². The molecule has 1 atom stereocenters. The van der Waals surface area contributed by atoms with Gasteiger partial charge >= 0.3 is 0 Å². The number of nitrogens with two attached hydrogens (primary N) is 1. The third kappa shape index (κ3) is 7.94. The average Bonchev–Trinajstić information content (AvgIpc) is 2.17. The van der Waals surface area contributed by atoms with E-state index in [1.54, 1.807) is 0 Å². The molecule has 4 nitrogen and oxygen atoms in total. The zero-order chi connectivity index (χ0) is 10.8. The van der Waals surface area contributed by atoms with Crippen LogP contribution < -0.4 is 11.1 Å². The van der Waals surface area contributed by atoms with E-state index in [-0.39, 0.29) is 11.9 Å². The number of rotatable bonds is 8. The topological polar surface area (TPSA) is 70.6 Å². The molecule has 0 radical (unpaired) electrons. The van der Waals surface area contributed by atoms with Crippen LogP contribution in [0.1, 0.15) is 13.3 Å². The molecule has 0 fully saturated rings. The van der Waals surface area contributed by atoms with Gasteiger partial charge in [-0.05, 0) is 6.92 Å². The molecule has 0 aromatic heterocycles. The van der Waals surface area contributed by atoms with Crippen LogP contribution in [0.3, 0.4) is 0 Å². The van der Waals surface area contributed by atoms with Crippen LogP contribution in [0.15, 0.2) is 17.8 Å². The predicted octanol–water partition coefficient (Wildman–Crippen LogP) is 1.02. The number of oxime groups is 1. The predicted molar refractivity (Wildman–Crippen MR) is 63.0 cm³/mol. The van der Waals surface area contributed by atoms with Gasteiger partial charge in [0.2, 0.25) is 0 Å². The fourth-order valence-corrected chi connectivity index (χ4v) is 1.57. The maximum atomic E-state index is 8.35. The quantitative estimate of drug-likeness (QED) is 0.142. The van der Waals surface area contributed by atoms with Crippen molar-refractivity contribution in [1.29, 1.82) is 0 Å². The summed E-state index contributed by atoms with van der Waals surface area (Å²) in [6, 6.07) is 0.246. The molecular formula is C9H19N3OS. The van der Waals surface area contributed by atoms with Crippen LogP contribution in [0.25, 0.3) is 0 Å². The Morgan fingerprint density at radius 1 is 1.79 bits per heavy atom. The lowest BCUT2D eigenvalue weighted by Gasteiger charge is -2.11. The van der Waals surface area contributed by atoms with E-state index in [0.717, 1.165) is 18.1 Å². The third-order valence-electron chi connectivity index (χ3n) is 1.62. The monoisotopic (exact) mass is 217 g/mol. The van der Waals surface area contributed by atoms with Gasteiger partial charge in [0.05, 0.1) is 0 Å². The summed E-state index contributed by atoms with van der Waals surface area (Å²) in [6.07, 6.45) is 2.47. The van der Waals surface area contributed by atoms with E-state index < -0.39 is 0 Å². The summed E-state index contributed by atoms with van der Waals surface area (Å²) in [6.45, 7) is 6.58. The first-order valence-corrected chi connectivity index (χ1v) is 5.74. The molecule has 5 heteroatoms. The van der Waals surface area contributed by atoms with Crippen molar-refractivity contribution < 1.29 is 5.21 Å². The van der Waals surface area contributed by atoms with Gasteiger partial charge in [-0.15, -0.1) is 6.58 Å². The molecule has 4 N–H and O–H groups in total. The second-order valence-electron chi connectivity index (χ2n) is 3.01. The standard InChI is InChI=1S/C9H19N3OS/c1-3-5-14-6-4-11-8(2)7-9(10)12-13/h3,8,11,13H,1,4-7H2,2H3,(H2,10,12). The maximum absolute atomic E-state index is 8.35. The van der Waals surface area contributed by atoms with Crippen LogP contribution in [0.5, 0.6) is 0 Å². The van der Waals surface area contributed by atoms with Crippen LogP contribution in [0.4, 0.5) is 0 Å². The number of thioether (sulfide) groups is 1. The van der Waals surface area contributed by atoms with E-state index in [9.17, 15) is 0 Å². The Morgan fingerprint density at radius 3 is 3.07 bits per heavy atom. The zero-order valence-corrected chi connectivity index (χ0v) is 9.39. The Morgan fingerprint density at radius 2 is 2.50 bits per heavy atom. The minimum absolute atomic E-state index is 0.246. The fraction of sp³-hybridized carbons (Fsp3) is 0.667. The van der Waals surface area contributed by atoms with E-state index in [2.05, 4.69) is 17.1 Å². The van der Waals surface area contributed by atoms with E-state index in [4.69, 9.17) is 10.9 Å². The van der Waals surface area contributed by atoms with Gasteiger partial charge in [0.25, 0.3) is 0 Å². The van der Waals surface area contributed by atoms with Crippen molar-refractivity contribution in [3.63, 3.8) is 0 Å². The molecule has 82 valence electrons. The molecule has 0 aromatic carbocycles. The van der Waals surface area contributed by atoms with Crippen molar-refractivity contribution in [1.82, 2.24) is 5.32 Å². The number of hydrogen-bond acceptors (Lipinski definition) is 4. The first-order chi connectivity index (χ1) is 6.70. The molecular weight excluding hydrogens is 198 g/mol. The largest absolute Gasteiger partial charge is 0.409 e. The first-order valence-electron chi connectivity index (χ1n) is 4.59. The molecule has 0 aromatic rings. The normalized spacial score (nSPS) is 13.9. The molecule has 0 aliphatic carbocycles. The highest BCUT2D eigenvalue weighted by Gasteiger charge is 2.03. The van der Waals surface area contributed by atoms with Crippen molar-refractivity contribution in [2.45, 2.75) is 19.4 Å². The fourth-order valence-electron chi connectivity index (χ4n) is 0.971. The van der Waals surface area contributed by atoms with Gasteiger partial charge in [0.15, 0.2) is 0 Å². The van der Waals surface area contributed by atoms with E-state index in [1.807, 2.05) is 24.8 Å². The Labute approximate surface area is 89.6 Å². The molecule has 0 saturated carbocycles. The van der Waals surface area contributed by atoms with Crippen molar-refractivity contribution in [2.75, 3.05) is 18.1 Å². The summed E-state index contributed by atoms with van der Waals surface area (Å²) in [5, 5.41) is 14.5. The van der Waals surface area contributed by atoms with Crippen molar-refractivity contribution in [3.8, 4) is 0 Å². The summed E-state index contributed by atoms with van der Waals surface area (Å²) < 4.78 is 0. The van der Waals surface area contributed by atoms with Crippen LogP contribution in [-0.4, -0.2) is 35.1 Å². The number of hydrogen-bond donors (Lipinski definition) is 3. The van der Waals surface area contributed by atoms with Gasteiger partial charge in [0, 0.05) is 30.5 Å². The third-order valence-corrected chi connectivity index (χ3v) is 2.58. The van der Waals surface area contributed by atoms with Gasteiger partial charge < -0.3 is 16.3 Å². The summed E-state index contributed by atoms with van der Waals surface area (Å²) >= 11 is 1.83. The van der Waals surface area contributed by atoms with Gasteiger partial charge in [-0.25, -0.2) is 0 Å². The molecule has 14 heavy (non-hydrogen) atoms. The number of amidine groups is 1. The maximum Gasteiger partial charge on any atom is 0.140 e. The molecule has 0 rings (SSSR count). The van der Waals surface area contributed by atoms with Crippen LogP contribution >= 0.6 is 11.8 Å². The molecule has 0 aliphatic rings. The average molecular weight is 217 g/mol. The Kier molecular flexibility index (Phi) is 8.47. The second-order valence-corrected chi connectivity index (χ2v) is 4.16. The van der Waals surface area contributed by atoms with Gasteiger partial charge in [-0.2, -0.15) is 11.8 Å². The first kappa shape index (κ1) is 13.3. The van der Waals surface area contributed by atoms with E-state index in [1.165, 1.54) is 0 Å². The van der Waals surface area contributed by atoms with Crippen molar-refractivity contribution >= 4 is 17.6 Å². The highest BCUT2D eigenvalue weighted by atomic mass is 32.2. The molecule has 1 unspecified atom stereocenters. The summed E-state index contributed by atoms with van der Waals surface area (Å²) in [4.78, 5) is 0. The summed E-state index contributed by atoms with van der Waals surface area (Å²) in [5.74, 6) is 2.30. The smallest absolute Gasteiger partial charge is 0.140 e. The minimum atomic E-state index is 0.246. The SMILES string of the molecule is C=CCSCCNC(C)C/C(N)=N/O. The van der Waals surface area contributed by atoms with Crippen molar-refractivity contribution in [3.05, 3.63) is 12.7 Å². The molecule has 0 spiro atoms. The molecule has 0 saturated heterocycles. The summed E-state index contributed by atoms with van der Waals surface area (Å²) in [7, 11) is 0. The lowest BCUT2D eigenvalue weighted by Crippen LogP contribution is -2.32. The number of nitrogens with zero attached hydrogens (tertiary/aromatic N) is 1. The van der Waals surface area contributed by atoms with Gasteiger partial charge in [0.1, 0.15) is 5.84 Å². The molecule has 0 aliphatic heterocycles. The lowest BCUT2D eigenvalue weighted by molar-refractivity contribution is 0.316. The molecule has 0 amide bonds. The Hall–Kier alpha value is -0.680. The highest BCUT2D eigenvalue weighted by Crippen LogP contribution is 1.98. The van der Waals surface area contributed by atoms with Crippen molar-refractivity contribution in [2.24, 2.45) is 10.9 Å². The zero-order valence-electron chi connectivity index (χ0n) is 8.57. The second kappa shape index (κ2) is 8.90. The van der Waals surface area contributed by atoms with Crippen LogP contribution in [-0.2, 0) is 0 Å². The van der Waals surface area contributed by atoms with E-state index >= 15 is 0 Å². The summed E-state index contributed by atoms with van der Waals surface area (Å²) in [5.41, 5.74) is 5.37. The van der Waals surface area contributed by atoms with Gasteiger partial charge in [-0.1, -0.05) is 11.2 Å². The Balaban J connectivity index is 3.35. The van der Waals surface area contributed by atoms with Crippen LogP contribution in [0.2, 0.25) is 0 Å². The Bertz CT molecular complexity index is 185.